The molecular formula is C24H29F5N6O3. The van der Waals surface area contributed by atoms with Crippen LogP contribution in [0.5, 0.6) is 11.8 Å². The van der Waals surface area contributed by atoms with Gasteiger partial charge < -0.3 is 24.1 Å². The zero-order valence-corrected chi connectivity index (χ0v) is 21.5. The lowest BCUT2D eigenvalue weighted by atomic mass is 10.0. The topological polar surface area (TPSA) is 93.9 Å². The largest absolute Gasteiger partial charge is 0.481 e. The molecule has 0 fully saturated rings. The fourth-order valence-corrected chi connectivity index (χ4v) is 3.93. The zero-order chi connectivity index (χ0) is 28.3. The van der Waals surface area contributed by atoms with Crippen molar-refractivity contribution >= 4 is 11.7 Å². The average molecular weight is 545 g/mol. The van der Waals surface area contributed by atoms with Crippen molar-refractivity contribution in [1.29, 1.82) is 0 Å². The summed E-state index contributed by atoms with van der Waals surface area (Å²) in [5.74, 6) is -2.83. The van der Waals surface area contributed by atoms with E-state index in [0.717, 1.165) is 4.90 Å². The Morgan fingerprint density at radius 1 is 1.16 bits per heavy atom. The number of carbonyl (C=O) groups is 1. The Balaban J connectivity index is 1.92. The number of halogens is 5. The monoisotopic (exact) mass is 544 g/mol. The lowest BCUT2D eigenvalue weighted by molar-refractivity contribution is -0.158. The number of ether oxygens (including phenoxy) is 2. The third kappa shape index (κ3) is 6.58. The lowest BCUT2D eigenvalue weighted by Gasteiger charge is -2.31. The fourth-order valence-electron chi connectivity index (χ4n) is 3.93. The van der Waals surface area contributed by atoms with Crippen LogP contribution in [0.1, 0.15) is 45.2 Å². The number of alkyl halides is 5. The highest BCUT2D eigenvalue weighted by Gasteiger charge is 2.42. The van der Waals surface area contributed by atoms with E-state index in [2.05, 4.69) is 15.0 Å². The van der Waals surface area contributed by atoms with Crippen molar-refractivity contribution in [2.24, 2.45) is 0 Å². The minimum atomic E-state index is -4.89. The number of nitrogens with one attached hydrogen (secondary N) is 1. The van der Waals surface area contributed by atoms with Crippen molar-refractivity contribution < 1.29 is 36.2 Å². The number of fused-ring (bicyclic) bond motifs is 1. The molecule has 3 aromatic heterocycles. The summed E-state index contributed by atoms with van der Waals surface area (Å²) in [7, 11) is 2.87. The number of urea groups is 1. The highest BCUT2D eigenvalue weighted by Crippen LogP contribution is 2.33. The van der Waals surface area contributed by atoms with Crippen LogP contribution in [0.25, 0.3) is 16.9 Å². The van der Waals surface area contributed by atoms with Gasteiger partial charge in [0.05, 0.1) is 31.5 Å². The predicted molar refractivity (Wildman–Crippen MR) is 128 cm³/mol. The van der Waals surface area contributed by atoms with Crippen LogP contribution in [-0.2, 0) is 0 Å². The first kappa shape index (κ1) is 28.9. The van der Waals surface area contributed by atoms with Crippen LogP contribution in [0.2, 0.25) is 0 Å². The fraction of sp³-hybridized carbons (Fsp3) is 0.500. The molecule has 3 aromatic rings. The van der Waals surface area contributed by atoms with Gasteiger partial charge in [-0.05, 0) is 38.8 Å². The molecule has 0 saturated heterocycles. The van der Waals surface area contributed by atoms with Gasteiger partial charge in [-0.15, -0.1) is 0 Å². The van der Waals surface area contributed by atoms with Gasteiger partial charge in [-0.2, -0.15) is 13.2 Å². The smallest absolute Gasteiger partial charge is 0.408 e. The maximum atomic E-state index is 13.5. The Labute approximate surface area is 216 Å². The predicted octanol–water partition coefficient (Wildman–Crippen LogP) is 5.27. The Morgan fingerprint density at radius 2 is 1.84 bits per heavy atom. The molecule has 0 saturated carbocycles. The van der Waals surface area contributed by atoms with Crippen molar-refractivity contribution in [1.82, 2.24) is 29.6 Å². The molecule has 2 amide bonds. The minimum absolute atomic E-state index is 0.0376. The van der Waals surface area contributed by atoms with Crippen LogP contribution < -0.4 is 14.8 Å². The second-order valence-corrected chi connectivity index (χ2v) is 8.73. The molecule has 0 aromatic carbocycles. The molecule has 38 heavy (non-hydrogen) atoms. The molecule has 3 rings (SSSR count). The Morgan fingerprint density at radius 3 is 2.42 bits per heavy atom. The average Bonchev–Trinajstić information content (AvgIpc) is 3.33. The van der Waals surface area contributed by atoms with E-state index in [1.807, 2.05) is 5.32 Å². The number of carbonyl (C=O) groups excluding carboxylic acids is 1. The van der Waals surface area contributed by atoms with Crippen LogP contribution in [0, 0.1) is 0 Å². The Hall–Kier alpha value is -3.71. The van der Waals surface area contributed by atoms with Crippen molar-refractivity contribution in [2.45, 2.75) is 57.8 Å². The van der Waals surface area contributed by atoms with Gasteiger partial charge in [0.2, 0.25) is 11.8 Å². The van der Waals surface area contributed by atoms with Crippen molar-refractivity contribution in [3.63, 3.8) is 0 Å². The molecule has 3 heterocycles. The second kappa shape index (κ2) is 11.4. The van der Waals surface area contributed by atoms with Crippen LogP contribution in [0.15, 0.2) is 30.9 Å². The van der Waals surface area contributed by atoms with Gasteiger partial charge >= 0.3 is 12.2 Å². The number of aromatic nitrogens is 4. The van der Waals surface area contributed by atoms with E-state index < -0.39 is 43.1 Å². The maximum Gasteiger partial charge on any atom is 0.408 e. The number of methoxy groups -OCH3 is 2. The van der Waals surface area contributed by atoms with E-state index in [1.54, 1.807) is 42.9 Å². The number of amides is 2. The third-order valence-electron chi connectivity index (χ3n) is 5.99. The molecule has 9 nitrogen and oxygen atoms in total. The van der Waals surface area contributed by atoms with E-state index in [1.165, 1.54) is 20.4 Å². The summed E-state index contributed by atoms with van der Waals surface area (Å²) in [5, 5.41) is 1.88. The van der Waals surface area contributed by atoms with Gasteiger partial charge in [-0.3, -0.25) is 0 Å². The molecule has 0 aliphatic rings. The van der Waals surface area contributed by atoms with E-state index in [0.29, 0.717) is 29.4 Å². The van der Waals surface area contributed by atoms with Crippen LogP contribution in [-0.4, -0.2) is 69.2 Å². The van der Waals surface area contributed by atoms with E-state index in [9.17, 15) is 26.7 Å². The van der Waals surface area contributed by atoms with Crippen LogP contribution >= 0.6 is 0 Å². The quantitative estimate of drug-likeness (QED) is 0.350. The Kier molecular flexibility index (Phi) is 8.62. The second-order valence-electron chi connectivity index (χ2n) is 8.73. The number of pyridine rings is 1. The molecule has 14 heteroatoms. The SMILES string of the molecule is CCN(C(=O)NC(CCC(C)(F)F)C(F)(F)F)[C@H](C)c1cnc(OC)c(-c2cn3ccnc3c(OC)n2)c1. The molecule has 0 aliphatic carbocycles. The van der Waals surface area contributed by atoms with E-state index >= 15 is 0 Å². The van der Waals surface area contributed by atoms with Gasteiger partial charge in [0, 0.05) is 37.8 Å². The summed E-state index contributed by atoms with van der Waals surface area (Å²) in [5.41, 5.74) is 1.82. The molecular weight excluding hydrogens is 515 g/mol. The number of hydrogen-bond donors (Lipinski definition) is 1. The Bertz CT molecular complexity index is 1260. The van der Waals surface area contributed by atoms with E-state index in [4.69, 9.17) is 9.47 Å². The molecule has 0 bridgehead atoms. The summed E-state index contributed by atoms with van der Waals surface area (Å²) >= 11 is 0. The number of rotatable bonds is 10. The molecule has 1 unspecified atom stereocenters. The highest BCUT2D eigenvalue weighted by molar-refractivity contribution is 5.75. The van der Waals surface area contributed by atoms with Gasteiger partial charge in [0.1, 0.15) is 6.04 Å². The molecule has 2 atom stereocenters. The summed E-state index contributed by atoms with van der Waals surface area (Å²) in [6, 6.07) is -2.54. The normalized spacial score (nSPS) is 13.7. The van der Waals surface area contributed by atoms with Gasteiger partial charge in [0.15, 0.2) is 5.65 Å². The van der Waals surface area contributed by atoms with E-state index in [-0.39, 0.29) is 18.3 Å². The lowest BCUT2D eigenvalue weighted by Crippen LogP contribution is -2.51. The van der Waals surface area contributed by atoms with Crippen molar-refractivity contribution in [3.8, 4) is 23.0 Å². The summed E-state index contributed by atoms with van der Waals surface area (Å²) in [6.45, 7) is 3.78. The zero-order valence-electron chi connectivity index (χ0n) is 21.5. The van der Waals surface area contributed by atoms with Crippen LogP contribution in [0.4, 0.5) is 26.7 Å². The highest BCUT2D eigenvalue weighted by atomic mass is 19.4. The number of imidazole rings is 1. The minimum Gasteiger partial charge on any atom is -0.481 e. The number of nitrogens with zero attached hydrogens (tertiary/aromatic N) is 5. The summed E-state index contributed by atoms with van der Waals surface area (Å²) in [6.07, 6.45) is -0.481. The molecule has 0 spiro atoms. The molecule has 1 N–H and O–H groups in total. The van der Waals surface area contributed by atoms with Crippen molar-refractivity contribution in [2.75, 3.05) is 20.8 Å². The van der Waals surface area contributed by atoms with Gasteiger partial charge in [-0.1, -0.05) is 0 Å². The molecule has 0 aliphatic heterocycles. The maximum absolute atomic E-state index is 13.5. The standard InChI is InChI=1S/C24H29F5N6O3/c1-6-35(22(36)33-18(24(27,28)29)7-8-23(3,25)26)14(2)15-11-16(20(37-4)31-12-15)17-13-34-10-9-30-19(34)21(32-17)38-5/h9-14,18H,6-8H2,1-5H3,(H,33,36)/t14-,18?/m1/s1. The molecule has 208 valence electrons. The number of hydrogen-bond acceptors (Lipinski definition) is 6. The summed E-state index contributed by atoms with van der Waals surface area (Å²) < 4.78 is 79.3. The van der Waals surface area contributed by atoms with Crippen molar-refractivity contribution in [3.05, 3.63) is 36.4 Å². The first-order valence-corrected chi connectivity index (χ1v) is 11.7. The van der Waals surface area contributed by atoms with Gasteiger partial charge in [-0.25, -0.2) is 28.5 Å². The first-order valence-electron chi connectivity index (χ1n) is 11.7. The summed E-state index contributed by atoms with van der Waals surface area (Å²) in [4.78, 5) is 27.0. The van der Waals surface area contributed by atoms with Crippen LogP contribution in [0.3, 0.4) is 0 Å². The molecule has 0 radical (unpaired) electrons. The third-order valence-corrected chi connectivity index (χ3v) is 5.99. The first-order chi connectivity index (χ1) is 17.8. The van der Waals surface area contributed by atoms with Gasteiger partial charge in [0.25, 0.3) is 5.88 Å².